The maximum absolute atomic E-state index is 12.6. The average Bonchev–Trinajstić information content (AvgIpc) is 3.24. The van der Waals surface area contributed by atoms with Crippen molar-refractivity contribution in [3.63, 3.8) is 0 Å². The highest BCUT2D eigenvalue weighted by Gasteiger charge is 2.12. The SMILES string of the molecule is COc1cccc(COc2ccc3[nH]nc(NC(=O)Nc4cc(OC)cc(OC)c4)c3c2)c1. The van der Waals surface area contributed by atoms with E-state index in [4.69, 9.17) is 18.9 Å². The van der Waals surface area contributed by atoms with Gasteiger partial charge in [0.05, 0.1) is 26.8 Å². The molecular weight excluding hydrogens is 424 g/mol. The van der Waals surface area contributed by atoms with E-state index in [2.05, 4.69) is 20.8 Å². The fourth-order valence-electron chi connectivity index (χ4n) is 3.26. The number of carbonyl (C=O) groups excluding carboxylic acids is 1. The highest BCUT2D eigenvalue weighted by Crippen LogP contribution is 2.28. The molecule has 0 aliphatic rings. The summed E-state index contributed by atoms with van der Waals surface area (Å²) in [4.78, 5) is 12.6. The van der Waals surface area contributed by atoms with E-state index in [9.17, 15) is 4.79 Å². The molecule has 4 rings (SSSR count). The minimum absolute atomic E-state index is 0.376. The first-order chi connectivity index (χ1) is 16.1. The van der Waals surface area contributed by atoms with Gasteiger partial charge in [0.1, 0.15) is 29.6 Å². The van der Waals surface area contributed by atoms with E-state index in [1.165, 1.54) is 0 Å². The molecule has 2 amide bonds. The summed E-state index contributed by atoms with van der Waals surface area (Å²) in [5.74, 6) is 2.92. The Morgan fingerprint density at radius 2 is 1.61 bits per heavy atom. The van der Waals surface area contributed by atoms with Crippen LogP contribution >= 0.6 is 0 Å². The molecule has 1 aromatic heterocycles. The van der Waals surface area contributed by atoms with Crippen LogP contribution in [0.5, 0.6) is 23.0 Å². The van der Waals surface area contributed by atoms with Crippen LogP contribution in [0.1, 0.15) is 5.56 Å². The van der Waals surface area contributed by atoms with Gasteiger partial charge >= 0.3 is 6.03 Å². The number of benzene rings is 3. The monoisotopic (exact) mass is 448 g/mol. The van der Waals surface area contributed by atoms with Gasteiger partial charge in [-0.05, 0) is 35.9 Å². The summed E-state index contributed by atoms with van der Waals surface area (Å²) in [7, 11) is 4.72. The molecular formula is C24H24N4O5. The molecule has 0 aliphatic carbocycles. The Morgan fingerprint density at radius 1 is 0.848 bits per heavy atom. The van der Waals surface area contributed by atoms with Crippen LogP contribution in [-0.4, -0.2) is 37.6 Å². The number of rotatable bonds is 8. The van der Waals surface area contributed by atoms with Gasteiger partial charge in [-0.15, -0.1) is 0 Å². The molecule has 4 aromatic rings. The molecule has 0 saturated heterocycles. The number of methoxy groups -OCH3 is 3. The Hall–Kier alpha value is -4.40. The Kier molecular flexibility index (Phi) is 6.49. The van der Waals surface area contributed by atoms with E-state index in [1.807, 2.05) is 42.5 Å². The van der Waals surface area contributed by atoms with Crippen molar-refractivity contribution in [2.24, 2.45) is 0 Å². The summed E-state index contributed by atoms with van der Waals surface area (Å²) in [5.41, 5.74) is 2.26. The second kappa shape index (κ2) is 9.82. The first-order valence-corrected chi connectivity index (χ1v) is 10.1. The number of urea groups is 1. The van der Waals surface area contributed by atoms with Crippen molar-refractivity contribution in [1.82, 2.24) is 10.2 Å². The van der Waals surface area contributed by atoms with Gasteiger partial charge in [0, 0.05) is 29.3 Å². The summed E-state index contributed by atoms with van der Waals surface area (Å²) >= 11 is 0. The molecule has 33 heavy (non-hydrogen) atoms. The largest absolute Gasteiger partial charge is 0.497 e. The van der Waals surface area contributed by atoms with Crippen LogP contribution in [0.4, 0.5) is 16.3 Å². The van der Waals surface area contributed by atoms with Crippen LogP contribution in [0.15, 0.2) is 60.7 Å². The van der Waals surface area contributed by atoms with Crippen molar-refractivity contribution in [2.75, 3.05) is 32.0 Å². The Balaban J connectivity index is 1.46. The van der Waals surface area contributed by atoms with Crippen LogP contribution in [-0.2, 0) is 6.61 Å². The summed E-state index contributed by atoms with van der Waals surface area (Å²) in [6.45, 7) is 0.376. The van der Waals surface area contributed by atoms with Gasteiger partial charge < -0.3 is 24.3 Å². The van der Waals surface area contributed by atoms with Crippen LogP contribution < -0.4 is 29.6 Å². The quantitative estimate of drug-likeness (QED) is 0.357. The van der Waals surface area contributed by atoms with Crippen LogP contribution in [0, 0.1) is 0 Å². The summed E-state index contributed by atoms with van der Waals surface area (Å²) in [5, 5.41) is 13.4. The lowest BCUT2D eigenvalue weighted by molar-refractivity contribution is 0.262. The van der Waals surface area contributed by atoms with Gasteiger partial charge in [-0.1, -0.05) is 12.1 Å². The molecule has 3 N–H and O–H groups in total. The maximum atomic E-state index is 12.6. The molecule has 9 nitrogen and oxygen atoms in total. The Labute approximate surface area is 190 Å². The molecule has 0 aliphatic heterocycles. The smallest absolute Gasteiger partial charge is 0.324 e. The number of carbonyl (C=O) groups is 1. The molecule has 1 heterocycles. The zero-order chi connectivity index (χ0) is 23.2. The number of aromatic nitrogens is 2. The second-order valence-corrected chi connectivity index (χ2v) is 7.10. The zero-order valence-corrected chi connectivity index (χ0v) is 18.5. The predicted molar refractivity (Wildman–Crippen MR) is 126 cm³/mol. The number of anilines is 2. The third-order valence-corrected chi connectivity index (χ3v) is 4.92. The van der Waals surface area contributed by atoms with E-state index < -0.39 is 6.03 Å². The highest BCUT2D eigenvalue weighted by molar-refractivity contribution is 6.04. The standard InChI is InChI=1S/C24H24N4O5/c1-30-17-6-4-5-15(9-17)14-33-18-7-8-22-21(13-18)23(28-27-22)26-24(29)25-16-10-19(31-2)12-20(11-16)32-3/h4-13H,14H2,1-3H3,(H3,25,26,27,28,29). The van der Waals surface area contributed by atoms with Gasteiger partial charge in [0.15, 0.2) is 5.82 Å². The lowest BCUT2D eigenvalue weighted by Gasteiger charge is -2.10. The number of H-pyrrole nitrogens is 1. The van der Waals surface area contributed by atoms with Crippen molar-refractivity contribution in [3.8, 4) is 23.0 Å². The van der Waals surface area contributed by atoms with Crippen molar-refractivity contribution >= 4 is 28.4 Å². The third kappa shape index (κ3) is 5.27. The number of ether oxygens (including phenoxy) is 4. The van der Waals surface area contributed by atoms with Gasteiger partial charge in [-0.25, -0.2) is 4.79 Å². The second-order valence-electron chi connectivity index (χ2n) is 7.10. The minimum Gasteiger partial charge on any atom is -0.497 e. The number of hydrogen-bond acceptors (Lipinski definition) is 6. The van der Waals surface area contributed by atoms with E-state index in [0.29, 0.717) is 35.4 Å². The molecule has 0 spiro atoms. The number of aromatic amines is 1. The van der Waals surface area contributed by atoms with Gasteiger partial charge in [0.2, 0.25) is 0 Å². The summed E-state index contributed by atoms with van der Waals surface area (Å²) < 4.78 is 21.6. The van der Waals surface area contributed by atoms with E-state index in [1.54, 1.807) is 39.5 Å². The van der Waals surface area contributed by atoms with Crippen molar-refractivity contribution in [2.45, 2.75) is 6.61 Å². The van der Waals surface area contributed by atoms with E-state index in [-0.39, 0.29) is 0 Å². The van der Waals surface area contributed by atoms with Crippen molar-refractivity contribution < 1.29 is 23.7 Å². The Morgan fingerprint density at radius 3 is 2.33 bits per heavy atom. The Bertz CT molecular complexity index is 1250. The first-order valence-electron chi connectivity index (χ1n) is 10.1. The van der Waals surface area contributed by atoms with E-state index in [0.717, 1.165) is 22.2 Å². The summed E-state index contributed by atoms with van der Waals surface area (Å²) in [6.07, 6.45) is 0. The average molecular weight is 448 g/mol. The molecule has 0 atom stereocenters. The predicted octanol–water partition coefficient (Wildman–Crippen LogP) is 4.81. The molecule has 0 unspecified atom stereocenters. The topological polar surface area (TPSA) is 107 Å². The molecule has 0 radical (unpaired) electrons. The highest BCUT2D eigenvalue weighted by atomic mass is 16.5. The van der Waals surface area contributed by atoms with E-state index >= 15 is 0 Å². The fraction of sp³-hybridized carbons (Fsp3) is 0.167. The number of nitrogens with zero attached hydrogens (tertiary/aromatic N) is 1. The number of nitrogens with one attached hydrogen (secondary N) is 3. The number of hydrogen-bond donors (Lipinski definition) is 3. The van der Waals surface area contributed by atoms with Crippen LogP contribution in [0.2, 0.25) is 0 Å². The van der Waals surface area contributed by atoms with Crippen LogP contribution in [0.3, 0.4) is 0 Å². The lowest BCUT2D eigenvalue weighted by atomic mass is 10.2. The number of fused-ring (bicyclic) bond motifs is 1. The van der Waals surface area contributed by atoms with Crippen LogP contribution in [0.25, 0.3) is 10.9 Å². The molecule has 0 fully saturated rings. The lowest BCUT2D eigenvalue weighted by Crippen LogP contribution is -2.19. The molecule has 9 heteroatoms. The minimum atomic E-state index is -0.457. The van der Waals surface area contributed by atoms with Gasteiger partial charge in [-0.3, -0.25) is 10.4 Å². The normalized spacial score (nSPS) is 10.5. The van der Waals surface area contributed by atoms with Gasteiger partial charge in [0.25, 0.3) is 0 Å². The van der Waals surface area contributed by atoms with Gasteiger partial charge in [-0.2, -0.15) is 5.10 Å². The molecule has 170 valence electrons. The van der Waals surface area contributed by atoms with Crippen molar-refractivity contribution in [3.05, 3.63) is 66.2 Å². The maximum Gasteiger partial charge on any atom is 0.324 e. The first kappa shape index (κ1) is 21.8. The molecule has 0 saturated carbocycles. The molecule has 0 bridgehead atoms. The van der Waals surface area contributed by atoms with Crippen molar-refractivity contribution in [1.29, 1.82) is 0 Å². The fourth-order valence-corrected chi connectivity index (χ4v) is 3.26. The molecule has 3 aromatic carbocycles. The zero-order valence-electron chi connectivity index (χ0n) is 18.5. The third-order valence-electron chi connectivity index (χ3n) is 4.92. The summed E-state index contributed by atoms with van der Waals surface area (Å²) in [6, 6.07) is 17.8. The number of amides is 2.